The Bertz CT molecular complexity index is 1220. The van der Waals surface area contributed by atoms with E-state index in [2.05, 4.69) is 5.10 Å². The van der Waals surface area contributed by atoms with Crippen molar-refractivity contribution < 1.29 is 28.9 Å². The first-order chi connectivity index (χ1) is 18.6. The van der Waals surface area contributed by atoms with Gasteiger partial charge < -0.3 is 24.2 Å². The Hall–Kier alpha value is -3.27. The lowest BCUT2D eigenvalue weighted by molar-refractivity contribution is -0.0118. The minimum Gasteiger partial charge on any atom is -0.489 e. The van der Waals surface area contributed by atoms with Gasteiger partial charge in [-0.15, -0.1) is 0 Å². The number of benzene rings is 1. The number of rotatable bonds is 4. The third kappa shape index (κ3) is 5.57. The average Bonchev–Trinajstić information content (AvgIpc) is 3.34. The van der Waals surface area contributed by atoms with Gasteiger partial charge in [-0.3, -0.25) is 9.58 Å². The van der Waals surface area contributed by atoms with Crippen molar-refractivity contribution in [2.75, 3.05) is 25.1 Å². The maximum Gasteiger partial charge on any atom is 0.414 e. The molecule has 1 saturated carbocycles. The molecule has 10 nitrogen and oxygen atoms in total. The van der Waals surface area contributed by atoms with E-state index in [0.29, 0.717) is 13.0 Å². The van der Waals surface area contributed by atoms with Crippen LogP contribution < -0.4 is 9.64 Å². The summed E-state index contributed by atoms with van der Waals surface area (Å²) in [6.45, 7) is 8.18. The number of anilines is 1. The minimum atomic E-state index is -0.775. The normalized spacial score (nSPS) is 23.6. The molecule has 2 aliphatic heterocycles. The summed E-state index contributed by atoms with van der Waals surface area (Å²) in [4.78, 5) is 28.4. The number of nitrogens with zero attached hydrogens (tertiary/aromatic N) is 4. The molecule has 10 heteroatoms. The lowest BCUT2D eigenvalue weighted by Gasteiger charge is -2.37. The minimum absolute atomic E-state index is 0.0307. The molecule has 1 aromatic carbocycles. The fraction of sp³-hybridized carbons (Fsp3) is 0.621. The Labute approximate surface area is 229 Å². The molecule has 1 saturated heterocycles. The van der Waals surface area contributed by atoms with E-state index < -0.39 is 17.8 Å². The Kier molecular flexibility index (Phi) is 7.50. The molecule has 2 fully saturated rings. The smallest absolute Gasteiger partial charge is 0.414 e. The number of aliphatic hydroxyl groups excluding tert-OH is 1. The van der Waals surface area contributed by atoms with Gasteiger partial charge in [-0.25, -0.2) is 9.59 Å². The number of ether oxygens (including phenoxy) is 3. The number of hydrogen-bond donors (Lipinski definition) is 1. The third-order valence-electron chi connectivity index (χ3n) is 7.91. The summed E-state index contributed by atoms with van der Waals surface area (Å²) in [5.41, 5.74) is 3.07. The van der Waals surface area contributed by atoms with Crippen molar-refractivity contribution in [2.24, 2.45) is 0 Å². The van der Waals surface area contributed by atoms with Crippen LogP contribution in [0.15, 0.2) is 24.5 Å². The highest BCUT2D eigenvalue weighted by Crippen LogP contribution is 2.45. The van der Waals surface area contributed by atoms with Crippen molar-refractivity contribution in [1.29, 1.82) is 0 Å². The summed E-state index contributed by atoms with van der Waals surface area (Å²) in [7, 11) is 1.41. The standard InChI is InChI=1S/C29H40N4O6/c1-18-9-10-22-23(33(18)28(36)37-5)12-11-21(26(22)38-20-7-6-8-20)19-15-30-32(16-19)24-13-14-31(17-25(24)34)27(35)39-29(2,3)4/h11-12,15-16,18,20,24-25,34H,6-10,13-14,17H2,1-5H3. The van der Waals surface area contributed by atoms with E-state index >= 15 is 0 Å². The van der Waals surface area contributed by atoms with Crippen LogP contribution in [0.3, 0.4) is 0 Å². The number of carbonyl (C=O) groups is 2. The fourth-order valence-electron chi connectivity index (χ4n) is 5.58. The number of hydrogen-bond acceptors (Lipinski definition) is 7. The van der Waals surface area contributed by atoms with Crippen molar-refractivity contribution >= 4 is 17.9 Å². The average molecular weight is 541 g/mol. The molecule has 0 spiro atoms. The molecule has 212 valence electrons. The molecule has 3 aliphatic rings. The fourth-order valence-corrected chi connectivity index (χ4v) is 5.58. The van der Waals surface area contributed by atoms with Gasteiger partial charge in [0.1, 0.15) is 11.4 Å². The van der Waals surface area contributed by atoms with Gasteiger partial charge in [-0.05, 0) is 78.4 Å². The number of aromatic nitrogens is 2. The first-order valence-corrected chi connectivity index (χ1v) is 14.0. The predicted octanol–water partition coefficient (Wildman–Crippen LogP) is 4.93. The highest BCUT2D eigenvalue weighted by atomic mass is 16.6. The number of likely N-dealkylation sites (tertiary alicyclic amines) is 1. The highest BCUT2D eigenvalue weighted by Gasteiger charge is 2.36. The van der Waals surface area contributed by atoms with E-state index in [4.69, 9.17) is 14.2 Å². The van der Waals surface area contributed by atoms with Crippen molar-refractivity contribution in [3.63, 3.8) is 0 Å². The summed E-state index contributed by atoms with van der Waals surface area (Å²) in [6.07, 6.45) is 7.70. The number of aliphatic hydroxyl groups is 1. The number of fused-ring (bicyclic) bond motifs is 1. The maximum atomic E-state index is 12.6. The molecule has 1 aromatic heterocycles. The van der Waals surface area contributed by atoms with Gasteiger partial charge in [-0.2, -0.15) is 5.10 Å². The van der Waals surface area contributed by atoms with Crippen molar-refractivity contribution in [3.8, 4) is 16.9 Å². The second-order valence-corrected chi connectivity index (χ2v) is 11.9. The molecule has 5 rings (SSSR count). The van der Waals surface area contributed by atoms with Gasteiger partial charge in [-0.1, -0.05) is 0 Å². The van der Waals surface area contributed by atoms with Crippen LogP contribution in [0.4, 0.5) is 15.3 Å². The van der Waals surface area contributed by atoms with Crippen LogP contribution >= 0.6 is 0 Å². The van der Waals surface area contributed by atoms with E-state index in [0.717, 1.165) is 60.2 Å². The van der Waals surface area contributed by atoms with Gasteiger partial charge in [0.2, 0.25) is 0 Å². The summed E-state index contributed by atoms with van der Waals surface area (Å²) < 4.78 is 18.9. The molecule has 0 bridgehead atoms. The Morgan fingerprint density at radius 3 is 2.51 bits per heavy atom. The summed E-state index contributed by atoms with van der Waals surface area (Å²) in [5.74, 6) is 0.804. The number of methoxy groups -OCH3 is 1. The van der Waals surface area contributed by atoms with E-state index in [1.54, 1.807) is 20.7 Å². The summed E-state index contributed by atoms with van der Waals surface area (Å²) >= 11 is 0. The van der Waals surface area contributed by atoms with Crippen LogP contribution in [0.25, 0.3) is 11.1 Å². The first-order valence-electron chi connectivity index (χ1n) is 14.0. The quantitative estimate of drug-likeness (QED) is 0.586. The van der Waals surface area contributed by atoms with Crippen LogP contribution in [0, 0.1) is 0 Å². The summed E-state index contributed by atoms with van der Waals surface area (Å²) in [5, 5.41) is 15.5. The number of amides is 2. The number of β-amino-alcohol motifs (C(OH)–C–C–N with tert-alkyl or cyclic N) is 1. The molecule has 2 amide bonds. The van der Waals surface area contributed by atoms with Crippen molar-refractivity contribution in [1.82, 2.24) is 14.7 Å². The molecule has 3 heterocycles. The Balaban J connectivity index is 1.41. The molecular weight excluding hydrogens is 500 g/mol. The highest BCUT2D eigenvalue weighted by molar-refractivity contribution is 5.92. The largest absolute Gasteiger partial charge is 0.489 e. The molecule has 39 heavy (non-hydrogen) atoms. The Morgan fingerprint density at radius 2 is 1.87 bits per heavy atom. The molecule has 2 aromatic rings. The zero-order chi connectivity index (χ0) is 27.9. The zero-order valence-corrected chi connectivity index (χ0v) is 23.6. The monoisotopic (exact) mass is 540 g/mol. The molecule has 1 aliphatic carbocycles. The van der Waals surface area contributed by atoms with Gasteiger partial charge in [0.05, 0.1) is 43.8 Å². The van der Waals surface area contributed by atoms with Gasteiger partial charge in [0, 0.05) is 35.5 Å². The van der Waals surface area contributed by atoms with E-state index in [1.165, 1.54) is 7.11 Å². The number of carbonyl (C=O) groups excluding carboxylic acids is 2. The molecular formula is C29H40N4O6. The van der Waals surface area contributed by atoms with Crippen LogP contribution in [0.2, 0.25) is 0 Å². The van der Waals surface area contributed by atoms with Crippen LogP contribution in [-0.4, -0.2) is 76.0 Å². The van der Waals surface area contributed by atoms with E-state index in [1.807, 2.05) is 46.0 Å². The first kappa shape index (κ1) is 27.3. The van der Waals surface area contributed by atoms with E-state index in [9.17, 15) is 14.7 Å². The lowest BCUT2D eigenvalue weighted by Crippen LogP contribution is -2.48. The summed E-state index contributed by atoms with van der Waals surface area (Å²) in [6, 6.07) is 3.73. The van der Waals surface area contributed by atoms with Gasteiger partial charge in [0.15, 0.2) is 0 Å². The van der Waals surface area contributed by atoms with E-state index in [-0.39, 0.29) is 30.8 Å². The predicted molar refractivity (Wildman–Crippen MR) is 146 cm³/mol. The van der Waals surface area contributed by atoms with Crippen molar-refractivity contribution in [3.05, 3.63) is 30.1 Å². The second-order valence-electron chi connectivity index (χ2n) is 11.9. The third-order valence-corrected chi connectivity index (χ3v) is 7.91. The van der Waals surface area contributed by atoms with Crippen LogP contribution in [0.5, 0.6) is 5.75 Å². The Morgan fingerprint density at radius 1 is 1.10 bits per heavy atom. The maximum absolute atomic E-state index is 12.6. The molecule has 0 radical (unpaired) electrons. The molecule has 3 atom stereocenters. The molecule has 1 N–H and O–H groups in total. The number of piperidine rings is 1. The zero-order valence-electron chi connectivity index (χ0n) is 23.6. The second kappa shape index (κ2) is 10.7. The SMILES string of the molecule is COC(=O)N1c2ccc(-c3cnn(C4CCN(C(=O)OC(C)(C)C)CC4O)c3)c(OC3CCC3)c2CCC1C. The lowest BCUT2D eigenvalue weighted by atomic mass is 9.91. The van der Waals surface area contributed by atoms with Crippen LogP contribution in [-0.2, 0) is 15.9 Å². The van der Waals surface area contributed by atoms with Gasteiger partial charge >= 0.3 is 12.2 Å². The van der Waals surface area contributed by atoms with Crippen molar-refractivity contribution in [2.45, 2.75) is 96.1 Å². The van der Waals surface area contributed by atoms with Gasteiger partial charge in [0.25, 0.3) is 0 Å². The van der Waals surface area contributed by atoms with Crippen LogP contribution in [0.1, 0.15) is 71.4 Å². The molecule has 3 unspecified atom stereocenters. The topological polar surface area (TPSA) is 106 Å².